The van der Waals surface area contributed by atoms with Gasteiger partial charge in [-0.15, -0.1) is 0 Å². The van der Waals surface area contributed by atoms with E-state index in [2.05, 4.69) is 28.5 Å². The van der Waals surface area contributed by atoms with Gasteiger partial charge < -0.3 is 0 Å². The van der Waals surface area contributed by atoms with Crippen LogP contribution in [-0.4, -0.2) is 10.1 Å². The lowest BCUT2D eigenvalue weighted by atomic mass is 9.61. The summed E-state index contributed by atoms with van der Waals surface area (Å²) in [5.41, 5.74) is 0.0756. The third kappa shape index (κ3) is 1.12. The number of aromatic amines is 1. The molecule has 0 bridgehead atoms. The predicted molar refractivity (Wildman–Crippen MR) is 47.5 cm³/mol. The Kier molecular flexibility index (Phi) is 1.78. The molecule has 4 nitrogen and oxygen atoms in total. The van der Waals surface area contributed by atoms with Crippen molar-refractivity contribution in [2.24, 2.45) is 5.92 Å². The van der Waals surface area contributed by atoms with E-state index in [9.17, 15) is 4.79 Å². The maximum atomic E-state index is 10.8. The normalized spacial score (nSPS) is 20.2. The molecule has 0 aromatic carbocycles. The molecule has 13 heavy (non-hydrogen) atoms. The van der Waals surface area contributed by atoms with Crippen LogP contribution in [0.1, 0.15) is 38.9 Å². The number of hydrogen-bond acceptors (Lipinski definition) is 3. The van der Waals surface area contributed by atoms with E-state index in [-0.39, 0.29) is 5.41 Å². The van der Waals surface area contributed by atoms with Crippen molar-refractivity contribution >= 4 is 0 Å². The number of H-pyrrole nitrogens is 1. The average Bonchev–Trinajstić information content (AvgIpc) is 2.32. The van der Waals surface area contributed by atoms with E-state index < -0.39 is 5.76 Å². The molecule has 0 saturated heterocycles. The smallest absolute Gasteiger partial charge is 0.296 e. The highest BCUT2D eigenvalue weighted by molar-refractivity contribution is 5.12. The zero-order valence-corrected chi connectivity index (χ0v) is 7.96. The molecule has 0 aliphatic heterocycles. The fourth-order valence-corrected chi connectivity index (χ4v) is 2.09. The molecule has 0 spiro atoms. The molecular formula is C9H14N2O2. The topological polar surface area (TPSA) is 58.9 Å². The van der Waals surface area contributed by atoms with Crippen LogP contribution in [0.3, 0.4) is 0 Å². The first kappa shape index (κ1) is 8.53. The average molecular weight is 182 g/mol. The van der Waals surface area contributed by atoms with E-state index in [1.807, 2.05) is 0 Å². The van der Waals surface area contributed by atoms with Gasteiger partial charge in [-0.3, -0.25) is 9.51 Å². The first-order valence-electron chi connectivity index (χ1n) is 4.71. The van der Waals surface area contributed by atoms with Gasteiger partial charge in [0.1, 0.15) is 0 Å². The highest BCUT2D eigenvalue weighted by Crippen LogP contribution is 2.47. The van der Waals surface area contributed by atoms with Gasteiger partial charge in [0.05, 0.1) is 0 Å². The largest absolute Gasteiger partial charge is 0.438 e. The zero-order chi connectivity index (χ0) is 9.47. The van der Waals surface area contributed by atoms with Gasteiger partial charge in [-0.05, 0) is 18.8 Å². The van der Waals surface area contributed by atoms with Crippen molar-refractivity contribution in [2.75, 3.05) is 0 Å². The molecule has 1 N–H and O–H groups in total. The summed E-state index contributed by atoms with van der Waals surface area (Å²) in [6, 6.07) is 0. The number of nitrogens with one attached hydrogen (secondary N) is 1. The van der Waals surface area contributed by atoms with Gasteiger partial charge in [0.25, 0.3) is 0 Å². The van der Waals surface area contributed by atoms with Crippen molar-refractivity contribution in [3.8, 4) is 0 Å². The molecule has 1 fully saturated rings. The summed E-state index contributed by atoms with van der Waals surface area (Å²) in [6.45, 7) is 4.32. The van der Waals surface area contributed by atoms with Gasteiger partial charge in [0, 0.05) is 5.41 Å². The second-order valence-corrected chi connectivity index (χ2v) is 4.11. The number of rotatable bonds is 2. The lowest BCUT2D eigenvalue weighted by Crippen LogP contribution is -2.40. The van der Waals surface area contributed by atoms with E-state index in [4.69, 9.17) is 0 Å². The van der Waals surface area contributed by atoms with Gasteiger partial charge in [0.2, 0.25) is 0 Å². The second kappa shape index (κ2) is 2.72. The molecule has 0 amide bonds. The molecule has 4 heteroatoms. The van der Waals surface area contributed by atoms with Crippen LogP contribution in [0.5, 0.6) is 0 Å². The lowest BCUT2D eigenvalue weighted by molar-refractivity contribution is 0.152. The van der Waals surface area contributed by atoms with Crippen LogP contribution < -0.4 is 5.76 Å². The van der Waals surface area contributed by atoms with Crippen molar-refractivity contribution in [2.45, 2.75) is 38.5 Å². The third-order valence-electron chi connectivity index (χ3n) is 3.26. The van der Waals surface area contributed by atoms with Crippen LogP contribution in [-0.2, 0) is 5.41 Å². The Labute approximate surface area is 76.3 Å². The Morgan fingerprint density at radius 2 is 2.23 bits per heavy atom. The Balaban J connectivity index is 2.37. The van der Waals surface area contributed by atoms with Crippen LogP contribution in [0.2, 0.25) is 0 Å². The van der Waals surface area contributed by atoms with Crippen LogP contribution in [0.25, 0.3) is 0 Å². The first-order valence-corrected chi connectivity index (χ1v) is 4.71. The van der Waals surface area contributed by atoms with Gasteiger partial charge in [0.15, 0.2) is 5.82 Å². The van der Waals surface area contributed by atoms with E-state index in [1.54, 1.807) is 0 Å². The van der Waals surface area contributed by atoms with Crippen molar-refractivity contribution in [3.63, 3.8) is 0 Å². The van der Waals surface area contributed by atoms with Crippen molar-refractivity contribution in [3.05, 3.63) is 16.4 Å². The Hall–Kier alpha value is -1.06. The molecule has 0 radical (unpaired) electrons. The molecule has 2 rings (SSSR count). The van der Waals surface area contributed by atoms with Crippen molar-refractivity contribution < 1.29 is 4.52 Å². The number of hydrogen-bond donors (Lipinski definition) is 1. The monoisotopic (exact) mass is 182 g/mol. The van der Waals surface area contributed by atoms with Crippen LogP contribution in [0.15, 0.2) is 9.32 Å². The molecule has 1 aromatic heterocycles. The van der Waals surface area contributed by atoms with Crippen LogP contribution in [0, 0.1) is 5.92 Å². The minimum absolute atomic E-state index is 0.0756. The summed E-state index contributed by atoms with van der Waals surface area (Å²) in [7, 11) is 0. The van der Waals surface area contributed by atoms with E-state index in [1.165, 1.54) is 6.42 Å². The highest BCUT2D eigenvalue weighted by Gasteiger charge is 2.44. The summed E-state index contributed by atoms with van der Waals surface area (Å²) in [5, 5.41) is 3.79. The van der Waals surface area contributed by atoms with Crippen LogP contribution in [0.4, 0.5) is 0 Å². The fraction of sp³-hybridized carbons (Fsp3) is 0.778. The van der Waals surface area contributed by atoms with E-state index >= 15 is 0 Å². The molecular weight excluding hydrogens is 168 g/mol. The summed E-state index contributed by atoms with van der Waals surface area (Å²) < 4.78 is 4.54. The molecule has 1 heterocycles. The van der Waals surface area contributed by atoms with Crippen LogP contribution >= 0.6 is 0 Å². The molecule has 0 unspecified atom stereocenters. The van der Waals surface area contributed by atoms with Gasteiger partial charge in [-0.25, -0.2) is 4.79 Å². The zero-order valence-electron chi connectivity index (χ0n) is 7.96. The Bertz CT molecular complexity index is 346. The molecule has 0 atom stereocenters. The Morgan fingerprint density at radius 1 is 1.54 bits per heavy atom. The third-order valence-corrected chi connectivity index (χ3v) is 3.26. The maximum Gasteiger partial charge on any atom is 0.438 e. The molecule has 1 saturated carbocycles. The summed E-state index contributed by atoms with van der Waals surface area (Å²) in [5.74, 6) is 0.794. The van der Waals surface area contributed by atoms with E-state index in [0.717, 1.165) is 18.7 Å². The number of nitrogens with zero attached hydrogens (tertiary/aromatic N) is 1. The van der Waals surface area contributed by atoms with Gasteiger partial charge in [-0.2, -0.15) is 0 Å². The SMILES string of the molecule is CC(C)C1(c2noc(=O)[nH]2)CCC1. The van der Waals surface area contributed by atoms with Gasteiger partial charge in [-0.1, -0.05) is 25.4 Å². The van der Waals surface area contributed by atoms with Crippen molar-refractivity contribution in [1.29, 1.82) is 0 Å². The second-order valence-electron chi connectivity index (χ2n) is 4.11. The molecule has 1 aromatic rings. The predicted octanol–water partition coefficient (Wildman–Crippen LogP) is 1.44. The fourth-order valence-electron chi connectivity index (χ4n) is 2.09. The first-order chi connectivity index (χ1) is 6.15. The van der Waals surface area contributed by atoms with E-state index in [0.29, 0.717) is 5.92 Å². The quantitative estimate of drug-likeness (QED) is 0.752. The van der Waals surface area contributed by atoms with Crippen molar-refractivity contribution in [1.82, 2.24) is 10.1 Å². The maximum absolute atomic E-state index is 10.8. The molecule has 72 valence electrons. The minimum Gasteiger partial charge on any atom is -0.296 e. The number of aromatic nitrogens is 2. The Morgan fingerprint density at radius 3 is 2.54 bits per heavy atom. The molecule has 1 aliphatic carbocycles. The molecule has 1 aliphatic rings. The minimum atomic E-state index is -0.443. The standard InChI is InChI=1S/C9H14N2O2/c1-6(2)9(4-3-5-9)7-10-8(12)13-11-7/h6H,3-5H2,1-2H3,(H,10,11,12). The summed E-state index contributed by atoms with van der Waals surface area (Å²) in [4.78, 5) is 13.5. The summed E-state index contributed by atoms with van der Waals surface area (Å²) >= 11 is 0. The van der Waals surface area contributed by atoms with Gasteiger partial charge >= 0.3 is 5.76 Å². The summed E-state index contributed by atoms with van der Waals surface area (Å²) in [6.07, 6.45) is 3.42. The lowest BCUT2D eigenvalue weighted by Gasteiger charge is -2.42. The highest BCUT2D eigenvalue weighted by atomic mass is 16.5.